The van der Waals surface area contributed by atoms with Crippen LogP contribution in [0.5, 0.6) is 0 Å². The molecule has 0 radical (unpaired) electrons. The van der Waals surface area contributed by atoms with Crippen LogP contribution in [0.2, 0.25) is 5.02 Å². The molecule has 0 saturated heterocycles. The van der Waals surface area contributed by atoms with E-state index in [0.717, 1.165) is 35.4 Å². The van der Waals surface area contributed by atoms with Gasteiger partial charge in [-0.1, -0.05) is 48.7 Å². The fourth-order valence-corrected chi connectivity index (χ4v) is 2.34. The predicted molar refractivity (Wildman–Crippen MR) is 79.5 cm³/mol. The van der Waals surface area contributed by atoms with Crippen molar-refractivity contribution >= 4 is 11.6 Å². The van der Waals surface area contributed by atoms with Crippen molar-refractivity contribution in [3.05, 3.63) is 47.0 Å². The van der Waals surface area contributed by atoms with Gasteiger partial charge in [-0.05, 0) is 37.3 Å². The molecule has 0 aliphatic rings. The van der Waals surface area contributed by atoms with Gasteiger partial charge in [0.15, 0.2) is 0 Å². The van der Waals surface area contributed by atoms with Crippen LogP contribution in [0.3, 0.4) is 0 Å². The Labute approximate surface area is 115 Å². The number of allylic oxidation sites excluding steroid dienone is 1. The number of hydrogen-bond acceptors (Lipinski definition) is 2. The van der Waals surface area contributed by atoms with E-state index >= 15 is 0 Å². The number of benzene rings is 1. The monoisotopic (exact) mass is 266 g/mol. The first kappa shape index (κ1) is 15.2. The van der Waals surface area contributed by atoms with Gasteiger partial charge in [0.2, 0.25) is 0 Å². The standard InChI is InChI=1S/C15H23ClN2/c1-3-4-5-6-7-11-14(18-17)13-10-8-9-12(2)15(13)16/h3,8-10,14,18H,1,4-7,11,17H2,2H3. The summed E-state index contributed by atoms with van der Waals surface area (Å²) in [4.78, 5) is 0. The molecule has 100 valence electrons. The van der Waals surface area contributed by atoms with E-state index in [1.807, 2.05) is 31.2 Å². The highest BCUT2D eigenvalue weighted by Crippen LogP contribution is 2.28. The highest BCUT2D eigenvalue weighted by molar-refractivity contribution is 6.32. The second kappa shape index (κ2) is 8.30. The summed E-state index contributed by atoms with van der Waals surface area (Å²) in [5.74, 6) is 5.64. The van der Waals surface area contributed by atoms with Gasteiger partial charge in [0.05, 0.1) is 0 Å². The Balaban J connectivity index is 2.55. The third kappa shape index (κ3) is 4.45. The van der Waals surface area contributed by atoms with Crippen molar-refractivity contribution < 1.29 is 0 Å². The van der Waals surface area contributed by atoms with E-state index in [2.05, 4.69) is 12.0 Å². The topological polar surface area (TPSA) is 38.0 Å². The van der Waals surface area contributed by atoms with Crippen molar-refractivity contribution in [3.8, 4) is 0 Å². The normalized spacial score (nSPS) is 12.4. The number of halogens is 1. The van der Waals surface area contributed by atoms with Crippen LogP contribution in [-0.4, -0.2) is 0 Å². The zero-order valence-electron chi connectivity index (χ0n) is 11.1. The van der Waals surface area contributed by atoms with Crippen molar-refractivity contribution in [2.45, 2.75) is 45.1 Å². The van der Waals surface area contributed by atoms with Crippen LogP contribution in [0, 0.1) is 6.92 Å². The second-order valence-electron chi connectivity index (χ2n) is 4.62. The van der Waals surface area contributed by atoms with E-state index in [4.69, 9.17) is 17.4 Å². The maximum Gasteiger partial charge on any atom is 0.0483 e. The summed E-state index contributed by atoms with van der Waals surface area (Å²) >= 11 is 6.32. The average Bonchev–Trinajstić information content (AvgIpc) is 2.38. The summed E-state index contributed by atoms with van der Waals surface area (Å²) in [7, 11) is 0. The zero-order chi connectivity index (χ0) is 13.4. The number of nitrogens with one attached hydrogen (secondary N) is 1. The fourth-order valence-electron chi connectivity index (χ4n) is 2.08. The zero-order valence-corrected chi connectivity index (χ0v) is 11.8. The highest BCUT2D eigenvalue weighted by Gasteiger charge is 2.13. The maximum atomic E-state index is 6.32. The van der Waals surface area contributed by atoms with Gasteiger partial charge in [0, 0.05) is 11.1 Å². The molecule has 0 spiro atoms. The second-order valence-corrected chi connectivity index (χ2v) is 5.00. The van der Waals surface area contributed by atoms with Crippen LogP contribution in [-0.2, 0) is 0 Å². The molecule has 0 aliphatic carbocycles. The Hall–Kier alpha value is -0.830. The van der Waals surface area contributed by atoms with Gasteiger partial charge in [-0.3, -0.25) is 11.3 Å². The molecule has 1 rings (SSSR count). The molecule has 0 amide bonds. The lowest BCUT2D eigenvalue weighted by Crippen LogP contribution is -2.28. The SMILES string of the molecule is C=CCCCCCC(NN)c1cccc(C)c1Cl. The Kier molecular flexibility index (Phi) is 7.02. The van der Waals surface area contributed by atoms with E-state index in [9.17, 15) is 0 Å². The molecule has 0 heterocycles. The summed E-state index contributed by atoms with van der Waals surface area (Å²) in [5, 5.41) is 0.826. The molecule has 3 N–H and O–H groups in total. The Morgan fingerprint density at radius 3 is 2.83 bits per heavy atom. The number of hydrazine groups is 1. The number of unbranched alkanes of at least 4 members (excludes halogenated alkanes) is 3. The average molecular weight is 267 g/mol. The van der Waals surface area contributed by atoms with Gasteiger partial charge in [0.1, 0.15) is 0 Å². The molecule has 0 bridgehead atoms. The minimum absolute atomic E-state index is 0.140. The van der Waals surface area contributed by atoms with Crippen LogP contribution < -0.4 is 11.3 Å². The summed E-state index contributed by atoms with van der Waals surface area (Å²) in [6, 6.07) is 6.23. The smallest absolute Gasteiger partial charge is 0.0483 e. The van der Waals surface area contributed by atoms with Gasteiger partial charge < -0.3 is 0 Å². The third-order valence-electron chi connectivity index (χ3n) is 3.20. The summed E-state index contributed by atoms with van der Waals surface area (Å²) < 4.78 is 0. The largest absolute Gasteiger partial charge is 0.271 e. The van der Waals surface area contributed by atoms with E-state index in [-0.39, 0.29) is 6.04 Å². The van der Waals surface area contributed by atoms with Crippen molar-refractivity contribution in [2.75, 3.05) is 0 Å². The van der Waals surface area contributed by atoms with Crippen molar-refractivity contribution in [1.82, 2.24) is 5.43 Å². The molecular formula is C15H23ClN2. The number of rotatable bonds is 8. The van der Waals surface area contributed by atoms with E-state index < -0.39 is 0 Å². The molecule has 18 heavy (non-hydrogen) atoms. The van der Waals surface area contributed by atoms with Crippen LogP contribution in [0.25, 0.3) is 0 Å². The van der Waals surface area contributed by atoms with Crippen LogP contribution in [0.15, 0.2) is 30.9 Å². The Morgan fingerprint density at radius 1 is 1.39 bits per heavy atom. The molecule has 1 atom stereocenters. The molecule has 1 aromatic carbocycles. The molecule has 2 nitrogen and oxygen atoms in total. The number of aryl methyl sites for hydroxylation is 1. The first-order valence-corrected chi connectivity index (χ1v) is 6.90. The maximum absolute atomic E-state index is 6.32. The first-order chi connectivity index (χ1) is 8.70. The fraction of sp³-hybridized carbons (Fsp3) is 0.467. The predicted octanol–water partition coefficient (Wildman–Crippen LogP) is 4.29. The number of nitrogens with two attached hydrogens (primary N) is 1. The lowest BCUT2D eigenvalue weighted by atomic mass is 9.99. The first-order valence-electron chi connectivity index (χ1n) is 6.52. The molecule has 1 aromatic rings. The van der Waals surface area contributed by atoms with E-state index in [1.165, 1.54) is 12.8 Å². The van der Waals surface area contributed by atoms with Gasteiger partial charge >= 0.3 is 0 Å². The molecule has 0 aromatic heterocycles. The molecule has 3 heteroatoms. The minimum atomic E-state index is 0.140. The molecule has 1 unspecified atom stereocenters. The van der Waals surface area contributed by atoms with E-state index in [1.54, 1.807) is 0 Å². The molecule has 0 aliphatic heterocycles. The van der Waals surface area contributed by atoms with Gasteiger partial charge in [-0.25, -0.2) is 0 Å². The Bertz CT molecular complexity index is 377. The lowest BCUT2D eigenvalue weighted by molar-refractivity contribution is 0.484. The van der Waals surface area contributed by atoms with Crippen molar-refractivity contribution in [3.63, 3.8) is 0 Å². The van der Waals surface area contributed by atoms with Gasteiger partial charge in [-0.2, -0.15) is 0 Å². The van der Waals surface area contributed by atoms with Crippen molar-refractivity contribution in [2.24, 2.45) is 5.84 Å². The highest BCUT2D eigenvalue weighted by atomic mass is 35.5. The lowest BCUT2D eigenvalue weighted by Gasteiger charge is -2.18. The summed E-state index contributed by atoms with van der Waals surface area (Å²) in [6.45, 7) is 5.75. The van der Waals surface area contributed by atoms with E-state index in [0.29, 0.717) is 0 Å². The molecule has 0 saturated carbocycles. The summed E-state index contributed by atoms with van der Waals surface area (Å²) in [5.41, 5.74) is 5.07. The quantitative estimate of drug-likeness (QED) is 0.319. The molecular weight excluding hydrogens is 244 g/mol. The summed E-state index contributed by atoms with van der Waals surface area (Å²) in [6.07, 6.45) is 7.61. The Morgan fingerprint density at radius 2 is 2.17 bits per heavy atom. The number of hydrogen-bond donors (Lipinski definition) is 2. The van der Waals surface area contributed by atoms with Crippen molar-refractivity contribution in [1.29, 1.82) is 0 Å². The third-order valence-corrected chi connectivity index (χ3v) is 3.72. The van der Waals surface area contributed by atoms with Gasteiger partial charge in [0.25, 0.3) is 0 Å². The van der Waals surface area contributed by atoms with Crippen LogP contribution in [0.1, 0.15) is 49.3 Å². The minimum Gasteiger partial charge on any atom is -0.271 e. The van der Waals surface area contributed by atoms with Crippen LogP contribution >= 0.6 is 11.6 Å². The van der Waals surface area contributed by atoms with Crippen LogP contribution in [0.4, 0.5) is 0 Å². The van der Waals surface area contributed by atoms with Gasteiger partial charge in [-0.15, -0.1) is 6.58 Å². The molecule has 0 fully saturated rings.